The minimum atomic E-state index is -3.71. The molecular formula is C10H10ClNO3S. The fourth-order valence-electron chi connectivity index (χ4n) is 1.79. The Morgan fingerprint density at radius 1 is 1.31 bits per heavy atom. The third kappa shape index (κ3) is 2.05. The van der Waals surface area contributed by atoms with Gasteiger partial charge in [-0.15, -0.1) is 0 Å². The monoisotopic (exact) mass is 259 g/mol. The topological polar surface area (TPSA) is 63.2 Å². The Balaban J connectivity index is 2.59. The minimum absolute atomic E-state index is 0.0444. The Labute approximate surface area is 98.0 Å². The number of benzene rings is 1. The van der Waals surface area contributed by atoms with Crippen LogP contribution >= 0.6 is 10.7 Å². The number of hydrogen-bond acceptors (Lipinski definition) is 3. The second-order valence-corrected chi connectivity index (χ2v) is 6.33. The molecule has 0 unspecified atom stereocenters. The molecule has 0 aromatic heterocycles. The van der Waals surface area contributed by atoms with Crippen molar-refractivity contribution in [1.82, 2.24) is 0 Å². The van der Waals surface area contributed by atoms with Gasteiger partial charge in [0.2, 0.25) is 5.91 Å². The fourth-order valence-corrected chi connectivity index (χ4v) is 2.66. The lowest BCUT2D eigenvalue weighted by atomic mass is 10.00. The molecule has 2 rings (SSSR count). The molecule has 86 valence electrons. The van der Waals surface area contributed by atoms with Crippen LogP contribution in [0.2, 0.25) is 0 Å². The molecule has 1 aliphatic rings. The van der Waals surface area contributed by atoms with E-state index in [1.807, 2.05) is 0 Å². The van der Waals surface area contributed by atoms with Gasteiger partial charge in [0.25, 0.3) is 9.05 Å². The van der Waals surface area contributed by atoms with Crippen LogP contribution in [0.15, 0.2) is 17.0 Å². The lowest BCUT2D eigenvalue weighted by Crippen LogP contribution is -2.20. The number of amides is 1. The van der Waals surface area contributed by atoms with Crippen molar-refractivity contribution in [2.45, 2.75) is 24.7 Å². The van der Waals surface area contributed by atoms with Gasteiger partial charge in [-0.25, -0.2) is 8.42 Å². The van der Waals surface area contributed by atoms with E-state index >= 15 is 0 Å². The highest BCUT2D eigenvalue weighted by molar-refractivity contribution is 8.13. The van der Waals surface area contributed by atoms with Crippen LogP contribution in [0, 0.1) is 6.92 Å². The van der Waals surface area contributed by atoms with Crippen LogP contribution in [-0.4, -0.2) is 14.3 Å². The summed E-state index contributed by atoms with van der Waals surface area (Å²) < 4.78 is 22.4. The van der Waals surface area contributed by atoms with Crippen LogP contribution in [0.3, 0.4) is 0 Å². The second kappa shape index (κ2) is 3.75. The molecule has 0 radical (unpaired) electrons. The molecule has 1 aromatic rings. The summed E-state index contributed by atoms with van der Waals surface area (Å²) in [6, 6.07) is 2.98. The molecule has 0 spiro atoms. The highest BCUT2D eigenvalue weighted by Crippen LogP contribution is 2.30. The maximum atomic E-state index is 11.2. The van der Waals surface area contributed by atoms with Gasteiger partial charge in [-0.1, -0.05) is 0 Å². The summed E-state index contributed by atoms with van der Waals surface area (Å²) in [4.78, 5) is 11.3. The van der Waals surface area contributed by atoms with E-state index in [1.54, 1.807) is 6.92 Å². The number of carbonyl (C=O) groups excluding carboxylic acids is 1. The van der Waals surface area contributed by atoms with Crippen molar-refractivity contribution in [1.29, 1.82) is 0 Å². The van der Waals surface area contributed by atoms with Gasteiger partial charge in [0, 0.05) is 22.8 Å². The van der Waals surface area contributed by atoms with Crippen molar-refractivity contribution in [2.75, 3.05) is 5.32 Å². The van der Waals surface area contributed by atoms with Crippen LogP contribution in [0.4, 0.5) is 5.69 Å². The first-order valence-corrected chi connectivity index (χ1v) is 7.07. The van der Waals surface area contributed by atoms with Crippen molar-refractivity contribution in [3.63, 3.8) is 0 Å². The van der Waals surface area contributed by atoms with Gasteiger partial charge in [-0.3, -0.25) is 4.79 Å². The molecule has 0 saturated heterocycles. The van der Waals surface area contributed by atoms with Crippen LogP contribution in [0.5, 0.6) is 0 Å². The first kappa shape index (κ1) is 11.4. The lowest BCUT2D eigenvalue weighted by Gasteiger charge is -2.19. The molecular weight excluding hydrogens is 250 g/mol. The molecule has 6 heteroatoms. The van der Waals surface area contributed by atoms with Crippen LogP contribution in [0.25, 0.3) is 0 Å². The van der Waals surface area contributed by atoms with Crippen LogP contribution in [0.1, 0.15) is 17.5 Å². The number of carbonyl (C=O) groups is 1. The maximum absolute atomic E-state index is 11.2. The van der Waals surface area contributed by atoms with Gasteiger partial charge in [0.1, 0.15) is 0 Å². The highest BCUT2D eigenvalue weighted by Gasteiger charge is 2.20. The minimum Gasteiger partial charge on any atom is -0.326 e. The van der Waals surface area contributed by atoms with Crippen molar-refractivity contribution in [3.8, 4) is 0 Å². The molecule has 1 aliphatic heterocycles. The Bertz CT molecular complexity index is 566. The maximum Gasteiger partial charge on any atom is 0.261 e. The summed E-state index contributed by atoms with van der Waals surface area (Å²) in [7, 11) is 1.57. The number of nitrogens with one attached hydrogen (secondary N) is 1. The number of hydrogen-bond donors (Lipinski definition) is 1. The van der Waals surface area contributed by atoms with E-state index < -0.39 is 9.05 Å². The van der Waals surface area contributed by atoms with E-state index in [1.165, 1.54) is 12.1 Å². The first-order valence-electron chi connectivity index (χ1n) is 4.76. The first-order chi connectivity index (χ1) is 7.38. The summed E-state index contributed by atoms with van der Waals surface area (Å²) in [5.74, 6) is -0.0444. The van der Waals surface area contributed by atoms with E-state index in [2.05, 4.69) is 5.32 Å². The molecule has 4 nitrogen and oxygen atoms in total. The molecule has 0 fully saturated rings. The van der Waals surface area contributed by atoms with E-state index in [0.717, 1.165) is 5.56 Å². The third-order valence-corrected chi connectivity index (χ3v) is 3.89. The zero-order chi connectivity index (χ0) is 11.9. The molecule has 1 heterocycles. The summed E-state index contributed by atoms with van der Waals surface area (Å²) in [6.45, 7) is 1.75. The number of halogens is 1. The smallest absolute Gasteiger partial charge is 0.261 e. The van der Waals surface area contributed by atoms with E-state index in [0.29, 0.717) is 24.1 Å². The van der Waals surface area contributed by atoms with E-state index in [9.17, 15) is 13.2 Å². The molecule has 16 heavy (non-hydrogen) atoms. The van der Waals surface area contributed by atoms with E-state index in [-0.39, 0.29) is 10.8 Å². The Hall–Kier alpha value is -1.07. The second-order valence-electron chi connectivity index (χ2n) is 3.76. The van der Waals surface area contributed by atoms with Crippen molar-refractivity contribution < 1.29 is 13.2 Å². The van der Waals surface area contributed by atoms with Gasteiger partial charge in [-0.2, -0.15) is 0 Å². The van der Waals surface area contributed by atoms with Gasteiger partial charge < -0.3 is 5.32 Å². The molecule has 0 saturated carbocycles. The summed E-state index contributed by atoms with van der Waals surface area (Å²) in [5, 5.41) is 2.73. The van der Waals surface area contributed by atoms with Crippen molar-refractivity contribution in [2.24, 2.45) is 0 Å². The van der Waals surface area contributed by atoms with Crippen LogP contribution < -0.4 is 5.32 Å². The van der Waals surface area contributed by atoms with Crippen LogP contribution in [-0.2, 0) is 20.3 Å². The largest absolute Gasteiger partial charge is 0.326 e. The number of anilines is 1. The number of aryl methyl sites for hydroxylation is 2. The fraction of sp³-hybridized carbons (Fsp3) is 0.300. The Morgan fingerprint density at radius 2 is 2.00 bits per heavy atom. The van der Waals surface area contributed by atoms with E-state index in [4.69, 9.17) is 10.7 Å². The molecule has 1 aromatic carbocycles. The van der Waals surface area contributed by atoms with Gasteiger partial charge >= 0.3 is 0 Å². The van der Waals surface area contributed by atoms with Gasteiger partial charge in [-0.05, 0) is 36.6 Å². The molecule has 0 atom stereocenters. The van der Waals surface area contributed by atoms with Gasteiger partial charge in [0.15, 0.2) is 0 Å². The average molecular weight is 260 g/mol. The Morgan fingerprint density at radius 3 is 2.62 bits per heavy atom. The molecule has 1 amide bonds. The zero-order valence-electron chi connectivity index (χ0n) is 8.58. The Kier molecular flexibility index (Phi) is 2.67. The predicted octanol–water partition coefficient (Wildman–Crippen LogP) is 1.81. The molecule has 0 aliphatic carbocycles. The highest BCUT2D eigenvalue weighted by atomic mass is 35.7. The normalized spacial score (nSPS) is 15.5. The van der Waals surface area contributed by atoms with Crippen molar-refractivity contribution >= 4 is 31.3 Å². The van der Waals surface area contributed by atoms with Gasteiger partial charge in [0.05, 0.1) is 4.90 Å². The third-order valence-electron chi connectivity index (χ3n) is 2.56. The number of fused-ring (bicyclic) bond motifs is 1. The average Bonchev–Trinajstić information content (AvgIpc) is 2.17. The summed E-state index contributed by atoms with van der Waals surface area (Å²) in [5.41, 5.74) is 2.24. The molecule has 0 bridgehead atoms. The lowest BCUT2D eigenvalue weighted by molar-refractivity contribution is -0.116. The quantitative estimate of drug-likeness (QED) is 0.783. The summed E-state index contributed by atoms with van der Waals surface area (Å²) in [6.07, 6.45) is 0.917. The predicted molar refractivity (Wildman–Crippen MR) is 61.2 cm³/mol. The summed E-state index contributed by atoms with van der Waals surface area (Å²) >= 11 is 0. The standard InChI is InChI=1S/C10H10ClNO3S/c1-6-4-8(16(11,14)15)5-7-2-3-9(13)12-10(6)7/h4-5H,2-3H2,1H3,(H,12,13). The molecule has 1 N–H and O–H groups in total. The zero-order valence-corrected chi connectivity index (χ0v) is 10.2. The van der Waals surface area contributed by atoms with Crippen molar-refractivity contribution in [3.05, 3.63) is 23.3 Å². The SMILES string of the molecule is Cc1cc(S(=O)(=O)Cl)cc2c1NC(=O)CC2. The number of rotatable bonds is 1.